The average molecular weight is 144 g/mol. The van der Waals surface area contributed by atoms with Crippen LogP contribution in [-0.2, 0) is 0 Å². The van der Waals surface area contributed by atoms with Crippen LogP contribution in [0.25, 0.3) is 0 Å². The molecule has 0 spiro atoms. The second-order valence-electron chi connectivity index (χ2n) is 3.16. The molecule has 0 heterocycles. The molecule has 2 atom stereocenters. The Morgan fingerprint density at radius 3 is 2.70 bits per heavy atom. The van der Waals surface area contributed by atoms with E-state index >= 15 is 0 Å². The third kappa shape index (κ3) is 1.48. The molecule has 0 aliphatic heterocycles. The zero-order valence-corrected chi connectivity index (χ0v) is 6.21. The molecule has 3 nitrogen and oxygen atoms in total. The van der Waals surface area contributed by atoms with Crippen molar-refractivity contribution >= 4 is 0 Å². The highest BCUT2D eigenvalue weighted by molar-refractivity contribution is 4.86. The first-order valence-corrected chi connectivity index (χ1v) is 3.88. The SMILES string of the molecule is NCCC1CCCC1(N)O. The van der Waals surface area contributed by atoms with Gasteiger partial charge in [-0.3, -0.25) is 0 Å². The molecule has 2 unspecified atom stereocenters. The number of hydrogen-bond donors (Lipinski definition) is 3. The third-order valence-electron chi connectivity index (χ3n) is 2.35. The van der Waals surface area contributed by atoms with Gasteiger partial charge >= 0.3 is 0 Å². The van der Waals surface area contributed by atoms with E-state index in [1.54, 1.807) is 0 Å². The van der Waals surface area contributed by atoms with Crippen LogP contribution in [-0.4, -0.2) is 17.4 Å². The van der Waals surface area contributed by atoms with E-state index in [1.807, 2.05) is 0 Å². The smallest absolute Gasteiger partial charge is 0.116 e. The van der Waals surface area contributed by atoms with Gasteiger partial charge in [-0.15, -0.1) is 0 Å². The standard InChI is InChI=1S/C7H16N2O/c8-5-3-6-2-1-4-7(6,9)10/h6,10H,1-5,8-9H2. The summed E-state index contributed by atoms with van der Waals surface area (Å²) in [7, 11) is 0. The lowest BCUT2D eigenvalue weighted by Gasteiger charge is -2.24. The van der Waals surface area contributed by atoms with Crippen LogP contribution in [0.5, 0.6) is 0 Å². The Kier molecular flexibility index (Phi) is 2.28. The highest BCUT2D eigenvalue weighted by atomic mass is 16.3. The molecule has 1 saturated carbocycles. The Hall–Kier alpha value is -0.120. The number of hydrogen-bond acceptors (Lipinski definition) is 3. The van der Waals surface area contributed by atoms with Crippen molar-refractivity contribution in [2.75, 3.05) is 6.54 Å². The van der Waals surface area contributed by atoms with E-state index in [4.69, 9.17) is 11.5 Å². The number of aliphatic hydroxyl groups is 1. The summed E-state index contributed by atoms with van der Waals surface area (Å²) in [6.45, 7) is 0.629. The molecule has 3 heteroatoms. The number of nitrogens with two attached hydrogens (primary N) is 2. The fourth-order valence-corrected chi connectivity index (χ4v) is 1.68. The van der Waals surface area contributed by atoms with Crippen LogP contribution in [0.4, 0.5) is 0 Å². The van der Waals surface area contributed by atoms with E-state index in [0.29, 0.717) is 6.54 Å². The van der Waals surface area contributed by atoms with Gasteiger partial charge in [-0.05, 0) is 32.2 Å². The fraction of sp³-hybridized carbons (Fsp3) is 1.00. The maximum Gasteiger partial charge on any atom is 0.116 e. The summed E-state index contributed by atoms with van der Waals surface area (Å²) in [6, 6.07) is 0. The summed E-state index contributed by atoms with van der Waals surface area (Å²) in [5.41, 5.74) is 10.1. The first kappa shape index (κ1) is 7.98. The summed E-state index contributed by atoms with van der Waals surface area (Å²) >= 11 is 0. The van der Waals surface area contributed by atoms with Gasteiger partial charge in [-0.1, -0.05) is 0 Å². The minimum absolute atomic E-state index is 0.234. The molecule has 1 rings (SSSR count). The van der Waals surface area contributed by atoms with Crippen LogP contribution in [0, 0.1) is 5.92 Å². The van der Waals surface area contributed by atoms with Gasteiger partial charge in [0.15, 0.2) is 0 Å². The zero-order chi connectivity index (χ0) is 7.61. The van der Waals surface area contributed by atoms with Crippen LogP contribution in [0.1, 0.15) is 25.7 Å². The third-order valence-corrected chi connectivity index (χ3v) is 2.35. The summed E-state index contributed by atoms with van der Waals surface area (Å²) in [4.78, 5) is 0. The summed E-state index contributed by atoms with van der Waals surface area (Å²) in [5.74, 6) is 0.234. The first-order chi connectivity index (χ1) is 4.67. The van der Waals surface area contributed by atoms with Gasteiger partial charge in [-0.2, -0.15) is 0 Å². The maximum absolute atomic E-state index is 9.51. The minimum atomic E-state index is -0.917. The van der Waals surface area contributed by atoms with E-state index in [0.717, 1.165) is 25.7 Å². The van der Waals surface area contributed by atoms with Crippen molar-refractivity contribution in [3.8, 4) is 0 Å². The normalized spacial score (nSPS) is 40.5. The molecule has 0 amide bonds. The first-order valence-electron chi connectivity index (χ1n) is 3.88. The van der Waals surface area contributed by atoms with Crippen molar-refractivity contribution in [1.29, 1.82) is 0 Å². The van der Waals surface area contributed by atoms with E-state index in [9.17, 15) is 5.11 Å². The van der Waals surface area contributed by atoms with Crippen LogP contribution in [0.15, 0.2) is 0 Å². The van der Waals surface area contributed by atoms with Crippen LogP contribution >= 0.6 is 0 Å². The second kappa shape index (κ2) is 2.86. The highest BCUT2D eigenvalue weighted by Crippen LogP contribution is 2.33. The molecular weight excluding hydrogens is 128 g/mol. The Labute approximate surface area is 61.4 Å². The molecule has 1 aliphatic carbocycles. The lowest BCUT2D eigenvalue weighted by Crippen LogP contribution is -2.43. The van der Waals surface area contributed by atoms with Gasteiger partial charge < -0.3 is 16.6 Å². The van der Waals surface area contributed by atoms with E-state index < -0.39 is 5.72 Å². The van der Waals surface area contributed by atoms with Gasteiger partial charge in [0.1, 0.15) is 5.72 Å². The van der Waals surface area contributed by atoms with Crippen molar-refractivity contribution in [3.63, 3.8) is 0 Å². The molecule has 1 fully saturated rings. The van der Waals surface area contributed by atoms with Gasteiger partial charge in [-0.25, -0.2) is 0 Å². The summed E-state index contributed by atoms with van der Waals surface area (Å²) < 4.78 is 0. The molecule has 60 valence electrons. The molecule has 0 saturated heterocycles. The van der Waals surface area contributed by atoms with Gasteiger partial charge in [0.25, 0.3) is 0 Å². The quantitative estimate of drug-likeness (QED) is 0.469. The largest absolute Gasteiger partial charge is 0.376 e. The second-order valence-corrected chi connectivity index (χ2v) is 3.16. The molecule has 1 aliphatic rings. The van der Waals surface area contributed by atoms with Crippen LogP contribution in [0.3, 0.4) is 0 Å². The minimum Gasteiger partial charge on any atom is -0.376 e. The van der Waals surface area contributed by atoms with Gasteiger partial charge in [0.05, 0.1) is 0 Å². The van der Waals surface area contributed by atoms with Crippen molar-refractivity contribution in [3.05, 3.63) is 0 Å². The van der Waals surface area contributed by atoms with Crippen molar-refractivity contribution in [2.24, 2.45) is 17.4 Å². The monoisotopic (exact) mass is 144 g/mol. The lowest BCUT2D eigenvalue weighted by molar-refractivity contribution is 0.00648. The summed E-state index contributed by atoms with van der Waals surface area (Å²) in [5, 5.41) is 9.51. The predicted molar refractivity (Wildman–Crippen MR) is 40.1 cm³/mol. The maximum atomic E-state index is 9.51. The van der Waals surface area contributed by atoms with Gasteiger partial charge in [0, 0.05) is 5.92 Å². The number of rotatable bonds is 2. The molecule has 0 bridgehead atoms. The Bertz CT molecular complexity index is 114. The van der Waals surface area contributed by atoms with Crippen molar-refractivity contribution in [2.45, 2.75) is 31.4 Å². The van der Waals surface area contributed by atoms with Gasteiger partial charge in [0.2, 0.25) is 0 Å². The Morgan fingerprint density at radius 2 is 2.30 bits per heavy atom. The zero-order valence-electron chi connectivity index (χ0n) is 6.21. The molecule has 0 radical (unpaired) electrons. The van der Waals surface area contributed by atoms with Crippen molar-refractivity contribution in [1.82, 2.24) is 0 Å². The fourth-order valence-electron chi connectivity index (χ4n) is 1.68. The molecule has 0 aromatic heterocycles. The molecule has 5 N–H and O–H groups in total. The predicted octanol–water partition coefficient (Wildman–Crippen LogP) is -0.217. The Morgan fingerprint density at radius 1 is 1.60 bits per heavy atom. The van der Waals surface area contributed by atoms with Crippen LogP contribution < -0.4 is 11.5 Å². The molecule has 10 heavy (non-hydrogen) atoms. The highest BCUT2D eigenvalue weighted by Gasteiger charge is 2.36. The van der Waals surface area contributed by atoms with Crippen molar-refractivity contribution < 1.29 is 5.11 Å². The van der Waals surface area contributed by atoms with E-state index in [-0.39, 0.29) is 5.92 Å². The lowest BCUT2D eigenvalue weighted by atomic mass is 9.97. The van der Waals surface area contributed by atoms with E-state index in [2.05, 4.69) is 0 Å². The average Bonchev–Trinajstić information content (AvgIpc) is 2.13. The van der Waals surface area contributed by atoms with Crippen LogP contribution in [0.2, 0.25) is 0 Å². The molecule has 0 aromatic rings. The summed E-state index contributed by atoms with van der Waals surface area (Å²) in [6.07, 6.45) is 3.66. The Balaban J connectivity index is 2.43. The molecule has 0 aromatic carbocycles. The topological polar surface area (TPSA) is 72.3 Å². The van der Waals surface area contributed by atoms with E-state index in [1.165, 1.54) is 0 Å². The molecular formula is C7H16N2O.